The lowest BCUT2D eigenvalue weighted by molar-refractivity contribution is 0.0467. The molecule has 0 saturated heterocycles. The third kappa shape index (κ3) is 9.45. The van der Waals surface area contributed by atoms with Crippen molar-refractivity contribution in [1.82, 2.24) is 0 Å². The number of benzene rings is 2. The van der Waals surface area contributed by atoms with Crippen LogP contribution in [0.2, 0.25) is 0 Å². The van der Waals surface area contributed by atoms with Crippen LogP contribution in [-0.4, -0.2) is 26.4 Å². The first-order chi connectivity index (χ1) is 14.7. The summed E-state index contributed by atoms with van der Waals surface area (Å²) in [7, 11) is 0. The number of hydrogen-bond donors (Lipinski definition) is 0. The summed E-state index contributed by atoms with van der Waals surface area (Å²) in [6.45, 7) is 9.91. The van der Waals surface area contributed by atoms with Crippen molar-refractivity contribution in [2.24, 2.45) is 0 Å². The van der Waals surface area contributed by atoms with Gasteiger partial charge in [0, 0.05) is 13.2 Å². The van der Waals surface area contributed by atoms with E-state index in [0.717, 1.165) is 39.1 Å². The molecule has 2 aromatic rings. The first-order valence-corrected chi connectivity index (χ1v) is 12.0. The Kier molecular flexibility index (Phi) is 12.5. The highest BCUT2D eigenvalue weighted by atomic mass is 16.5. The quantitative estimate of drug-likeness (QED) is 0.266. The minimum Gasteiger partial charge on any atom is -0.379 e. The summed E-state index contributed by atoms with van der Waals surface area (Å²) in [4.78, 5) is 0. The predicted molar refractivity (Wildman–Crippen MR) is 128 cm³/mol. The molecule has 0 spiro atoms. The lowest BCUT2D eigenvalue weighted by atomic mass is 9.83. The normalized spacial score (nSPS) is 13.3. The Morgan fingerprint density at radius 2 is 1.40 bits per heavy atom. The van der Waals surface area contributed by atoms with E-state index in [0.29, 0.717) is 18.4 Å². The lowest BCUT2D eigenvalue weighted by Crippen LogP contribution is -2.06. The molecule has 0 aromatic heterocycles. The van der Waals surface area contributed by atoms with Gasteiger partial charge in [-0.15, -0.1) is 0 Å². The predicted octanol–water partition coefficient (Wildman–Crippen LogP) is 7.53. The van der Waals surface area contributed by atoms with Crippen molar-refractivity contribution in [1.29, 1.82) is 0 Å². The Balaban J connectivity index is 1.71. The molecule has 2 atom stereocenters. The van der Waals surface area contributed by atoms with Gasteiger partial charge in [0.05, 0.1) is 13.2 Å². The molecule has 0 fully saturated rings. The van der Waals surface area contributed by atoms with Gasteiger partial charge in [0.25, 0.3) is 0 Å². The number of unbranched alkanes of at least 4 members (excludes halogenated alkanes) is 1. The molecule has 166 valence electrons. The Labute approximate surface area is 185 Å². The summed E-state index contributed by atoms with van der Waals surface area (Å²) in [6, 6.07) is 20.4. The van der Waals surface area contributed by atoms with E-state index in [1.807, 2.05) is 0 Å². The number of hydrogen-bond acceptors (Lipinski definition) is 2. The Bertz CT molecular complexity index is 650. The molecule has 0 aliphatic heterocycles. The second-order valence-electron chi connectivity index (χ2n) is 8.46. The summed E-state index contributed by atoms with van der Waals surface area (Å²) < 4.78 is 11.1. The van der Waals surface area contributed by atoms with Crippen LogP contribution >= 0.6 is 0 Å². The van der Waals surface area contributed by atoms with Crippen molar-refractivity contribution in [3.05, 3.63) is 71.3 Å². The van der Waals surface area contributed by atoms with Crippen molar-refractivity contribution >= 4 is 0 Å². The molecule has 0 amide bonds. The van der Waals surface area contributed by atoms with Crippen molar-refractivity contribution in [2.75, 3.05) is 26.4 Å². The average molecular weight is 411 g/mol. The van der Waals surface area contributed by atoms with Crippen LogP contribution in [-0.2, 0) is 15.9 Å². The summed E-state index contributed by atoms with van der Waals surface area (Å²) in [5, 5.41) is 0. The van der Waals surface area contributed by atoms with Gasteiger partial charge >= 0.3 is 0 Å². The van der Waals surface area contributed by atoms with Crippen molar-refractivity contribution in [3.63, 3.8) is 0 Å². The van der Waals surface area contributed by atoms with Crippen molar-refractivity contribution in [2.45, 2.75) is 77.6 Å². The van der Waals surface area contributed by atoms with Gasteiger partial charge in [0.1, 0.15) is 0 Å². The van der Waals surface area contributed by atoms with Crippen LogP contribution < -0.4 is 0 Å². The van der Waals surface area contributed by atoms with Crippen LogP contribution in [0.15, 0.2) is 54.6 Å². The van der Waals surface area contributed by atoms with Crippen molar-refractivity contribution in [3.8, 4) is 0 Å². The third-order valence-corrected chi connectivity index (χ3v) is 5.82. The van der Waals surface area contributed by atoms with Gasteiger partial charge in [-0.2, -0.15) is 0 Å². The third-order valence-electron chi connectivity index (χ3n) is 5.82. The summed E-state index contributed by atoms with van der Waals surface area (Å²) >= 11 is 0. The van der Waals surface area contributed by atoms with Gasteiger partial charge in [-0.05, 0) is 67.1 Å². The molecule has 0 aliphatic carbocycles. The first kappa shape index (κ1) is 24.6. The van der Waals surface area contributed by atoms with E-state index in [-0.39, 0.29) is 0 Å². The molecular formula is C28H42O2. The zero-order chi connectivity index (χ0) is 21.4. The summed E-state index contributed by atoms with van der Waals surface area (Å²) in [6.07, 6.45) is 8.21. The molecular weight excluding hydrogens is 368 g/mol. The van der Waals surface area contributed by atoms with Crippen molar-refractivity contribution < 1.29 is 9.47 Å². The van der Waals surface area contributed by atoms with Gasteiger partial charge in [-0.25, -0.2) is 0 Å². The molecule has 0 heterocycles. The van der Waals surface area contributed by atoms with Gasteiger partial charge in [-0.1, -0.05) is 81.8 Å². The molecule has 0 N–H and O–H groups in total. The fourth-order valence-electron chi connectivity index (χ4n) is 4.07. The van der Waals surface area contributed by atoms with E-state index in [2.05, 4.69) is 75.4 Å². The fraction of sp³-hybridized carbons (Fsp3) is 0.571. The van der Waals surface area contributed by atoms with Crippen LogP contribution in [0, 0.1) is 0 Å². The van der Waals surface area contributed by atoms with E-state index in [9.17, 15) is 0 Å². The standard InChI is InChI=1S/C28H42O2/c1-4-11-28(27-13-7-6-8-14-27)23-24(3)26-17-15-25(16-18-26)12-9-10-20-30-22-21-29-19-5-2/h6-8,13-18,24,28H,4-5,9-12,19-23H2,1-3H3. The topological polar surface area (TPSA) is 18.5 Å². The monoisotopic (exact) mass is 410 g/mol. The zero-order valence-electron chi connectivity index (χ0n) is 19.4. The lowest BCUT2D eigenvalue weighted by Gasteiger charge is -2.21. The SMILES string of the molecule is CCCOCCOCCCCc1ccc(C(C)CC(CCC)c2ccccc2)cc1. The van der Waals surface area contributed by atoms with E-state index >= 15 is 0 Å². The molecule has 2 heteroatoms. The van der Waals surface area contributed by atoms with Gasteiger partial charge < -0.3 is 9.47 Å². The maximum Gasteiger partial charge on any atom is 0.0700 e. The second kappa shape index (κ2) is 15.2. The largest absolute Gasteiger partial charge is 0.379 e. The van der Waals surface area contributed by atoms with Crippen LogP contribution in [0.5, 0.6) is 0 Å². The molecule has 2 nitrogen and oxygen atoms in total. The summed E-state index contributed by atoms with van der Waals surface area (Å²) in [5.74, 6) is 1.23. The van der Waals surface area contributed by atoms with Crippen LogP contribution in [0.25, 0.3) is 0 Å². The maximum atomic E-state index is 5.64. The molecule has 2 aromatic carbocycles. The molecule has 2 unspecified atom stereocenters. The highest BCUT2D eigenvalue weighted by Crippen LogP contribution is 2.33. The summed E-state index contributed by atoms with van der Waals surface area (Å²) in [5.41, 5.74) is 4.39. The Hall–Kier alpha value is -1.64. The van der Waals surface area contributed by atoms with Gasteiger partial charge in [0.2, 0.25) is 0 Å². The average Bonchev–Trinajstić information content (AvgIpc) is 2.78. The van der Waals surface area contributed by atoms with E-state index < -0.39 is 0 Å². The maximum absolute atomic E-state index is 5.64. The Morgan fingerprint density at radius 1 is 0.700 bits per heavy atom. The molecule has 0 bridgehead atoms. The molecule has 0 aliphatic rings. The van der Waals surface area contributed by atoms with Gasteiger partial charge in [-0.3, -0.25) is 0 Å². The van der Waals surface area contributed by atoms with Gasteiger partial charge in [0.15, 0.2) is 0 Å². The zero-order valence-corrected chi connectivity index (χ0v) is 19.4. The van der Waals surface area contributed by atoms with Crippen LogP contribution in [0.3, 0.4) is 0 Å². The highest BCUT2D eigenvalue weighted by molar-refractivity contribution is 5.27. The van der Waals surface area contributed by atoms with E-state index in [4.69, 9.17) is 9.47 Å². The highest BCUT2D eigenvalue weighted by Gasteiger charge is 2.16. The number of ether oxygens (including phenoxy) is 2. The van der Waals surface area contributed by atoms with Crippen LogP contribution in [0.4, 0.5) is 0 Å². The first-order valence-electron chi connectivity index (χ1n) is 12.0. The number of rotatable bonds is 16. The van der Waals surface area contributed by atoms with E-state index in [1.54, 1.807) is 0 Å². The fourth-order valence-corrected chi connectivity index (χ4v) is 4.07. The molecule has 2 rings (SSSR count). The number of aryl methyl sites for hydroxylation is 1. The molecule has 0 saturated carbocycles. The van der Waals surface area contributed by atoms with Crippen LogP contribution in [0.1, 0.15) is 87.8 Å². The van der Waals surface area contributed by atoms with E-state index in [1.165, 1.54) is 42.4 Å². The molecule has 30 heavy (non-hydrogen) atoms. The Morgan fingerprint density at radius 3 is 2.07 bits per heavy atom. The molecule has 0 radical (unpaired) electrons. The second-order valence-corrected chi connectivity index (χ2v) is 8.46. The minimum atomic E-state index is 0.583. The smallest absolute Gasteiger partial charge is 0.0700 e. The minimum absolute atomic E-state index is 0.583.